The van der Waals surface area contributed by atoms with Crippen molar-refractivity contribution >= 4 is 43.7 Å². The summed E-state index contributed by atoms with van der Waals surface area (Å²) in [7, 11) is 0. The molecule has 0 bridgehead atoms. The second kappa shape index (κ2) is 14.8. The molecule has 0 aliphatic carbocycles. The van der Waals surface area contributed by atoms with Crippen LogP contribution in [-0.4, -0.2) is 19.5 Å². The Morgan fingerprint density at radius 1 is 0.359 bits per heavy atom. The molecule has 8 aromatic carbocycles. The van der Waals surface area contributed by atoms with Gasteiger partial charge in [-0.1, -0.05) is 115 Å². The molecule has 11 heteroatoms. The summed E-state index contributed by atoms with van der Waals surface area (Å²) in [5, 5.41) is 3.35. The van der Waals surface area contributed by atoms with Gasteiger partial charge >= 0.3 is 12.4 Å². The van der Waals surface area contributed by atoms with Gasteiger partial charge in [-0.25, -0.2) is 15.0 Å². The Hall–Kier alpha value is -8.05. The minimum Gasteiger partial charge on any atom is -0.456 e. The van der Waals surface area contributed by atoms with E-state index in [1.54, 1.807) is 18.2 Å². The molecule has 5 nitrogen and oxygen atoms in total. The lowest BCUT2D eigenvalue weighted by molar-refractivity contribution is -0.143. The number of alkyl halides is 6. The average molecular weight is 853 g/mol. The van der Waals surface area contributed by atoms with Crippen molar-refractivity contribution in [3.8, 4) is 62.1 Å². The van der Waals surface area contributed by atoms with Gasteiger partial charge in [0.1, 0.15) is 11.2 Å². The first-order valence-corrected chi connectivity index (χ1v) is 20.2. The predicted molar refractivity (Wildman–Crippen MR) is 239 cm³/mol. The fourth-order valence-electron chi connectivity index (χ4n) is 8.46. The maximum atomic E-state index is 14.0. The van der Waals surface area contributed by atoms with Gasteiger partial charge in [-0.15, -0.1) is 0 Å². The van der Waals surface area contributed by atoms with E-state index in [0.717, 1.165) is 67.2 Å². The van der Waals surface area contributed by atoms with Crippen LogP contribution in [0.25, 0.3) is 106 Å². The molecule has 0 unspecified atom stereocenters. The van der Waals surface area contributed by atoms with E-state index in [-0.39, 0.29) is 17.2 Å². The largest absolute Gasteiger partial charge is 0.456 e. The minimum absolute atomic E-state index is 0.140. The van der Waals surface area contributed by atoms with E-state index >= 15 is 0 Å². The molecule has 0 N–H and O–H groups in total. The Balaban J connectivity index is 1.16. The Bertz CT molecular complexity index is 3500. The molecule has 0 aliphatic heterocycles. The zero-order chi connectivity index (χ0) is 43.7. The lowest BCUT2D eigenvalue weighted by Gasteiger charge is -2.17. The summed E-state index contributed by atoms with van der Waals surface area (Å²) < 4.78 is 92.2. The van der Waals surface area contributed by atoms with Crippen LogP contribution in [-0.2, 0) is 12.4 Å². The van der Waals surface area contributed by atoms with Gasteiger partial charge in [-0.3, -0.25) is 0 Å². The minimum atomic E-state index is -4.99. The van der Waals surface area contributed by atoms with Crippen LogP contribution in [0.5, 0.6) is 0 Å². The van der Waals surface area contributed by atoms with Gasteiger partial charge in [0, 0.05) is 38.2 Å². The van der Waals surface area contributed by atoms with Crippen molar-refractivity contribution in [3.05, 3.63) is 193 Å². The summed E-state index contributed by atoms with van der Waals surface area (Å²) in [6.07, 6.45) is -9.99. The lowest BCUT2D eigenvalue weighted by Crippen LogP contribution is -2.11. The van der Waals surface area contributed by atoms with Crippen LogP contribution in [0.15, 0.2) is 186 Å². The third-order valence-corrected chi connectivity index (χ3v) is 11.5. The number of hydrogen-bond donors (Lipinski definition) is 0. The molecule has 0 saturated heterocycles. The molecule has 11 rings (SSSR count). The Kier molecular flexibility index (Phi) is 8.98. The molecule has 0 fully saturated rings. The highest BCUT2D eigenvalue weighted by Gasteiger charge is 2.37. The van der Waals surface area contributed by atoms with Crippen molar-refractivity contribution in [1.82, 2.24) is 19.5 Å². The summed E-state index contributed by atoms with van der Waals surface area (Å²) in [4.78, 5) is 15.2. The number of fused-ring (bicyclic) bond motifs is 6. The Morgan fingerprint density at radius 3 is 1.55 bits per heavy atom. The maximum Gasteiger partial charge on any atom is 0.416 e. The number of furan rings is 1. The average Bonchev–Trinajstić information content (AvgIpc) is 3.86. The molecule has 11 aromatic rings. The first-order valence-electron chi connectivity index (χ1n) is 20.2. The van der Waals surface area contributed by atoms with Crippen LogP contribution in [0.3, 0.4) is 0 Å². The van der Waals surface area contributed by atoms with Crippen molar-refractivity contribution in [1.29, 1.82) is 0 Å². The van der Waals surface area contributed by atoms with Crippen molar-refractivity contribution < 1.29 is 30.8 Å². The van der Waals surface area contributed by atoms with Crippen molar-refractivity contribution in [2.75, 3.05) is 0 Å². The first kappa shape index (κ1) is 38.8. The van der Waals surface area contributed by atoms with Crippen LogP contribution in [0.4, 0.5) is 26.3 Å². The highest BCUT2D eigenvalue weighted by molar-refractivity contribution is 6.11. The maximum absolute atomic E-state index is 14.0. The summed E-state index contributed by atoms with van der Waals surface area (Å²) in [5.74, 6) is 1.28. The number of hydrogen-bond acceptors (Lipinski definition) is 4. The summed E-state index contributed by atoms with van der Waals surface area (Å²) >= 11 is 0. The smallest absolute Gasteiger partial charge is 0.416 e. The molecule has 310 valence electrons. The number of nitrogens with zero attached hydrogens (tertiary/aromatic N) is 4. The van der Waals surface area contributed by atoms with E-state index in [0.29, 0.717) is 39.6 Å². The standard InChI is InChI=1S/C53H30F6N4O/c54-52(55,56)37-25-36(26-38(30-37)53(57,58)59)34-21-23-45-42(27-34)39-15-7-9-17-44(39)63(45)46-24-20-33(35-19-22-41-40-16-8-10-18-47(40)64-48(41)29-35)28-43(46)51-61-49(31-11-3-1-4-12-31)60-50(62-51)32-13-5-2-6-14-32/h1-30H. The van der Waals surface area contributed by atoms with Crippen molar-refractivity contribution in [3.63, 3.8) is 0 Å². The fourth-order valence-corrected chi connectivity index (χ4v) is 8.46. The zero-order valence-electron chi connectivity index (χ0n) is 33.3. The van der Waals surface area contributed by atoms with Crippen LogP contribution in [0, 0.1) is 0 Å². The second-order valence-electron chi connectivity index (χ2n) is 15.5. The topological polar surface area (TPSA) is 56.7 Å². The fraction of sp³-hybridized carbons (Fsp3) is 0.0377. The van der Waals surface area contributed by atoms with Crippen LogP contribution < -0.4 is 0 Å². The zero-order valence-corrected chi connectivity index (χ0v) is 33.3. The SMILES string of the molecule is FC(F)(F)c1cc(-c2ccc3c(c2)c2ccccc2n3-c2ccc(-c3ccc4c(c3)oc3ccccc34)cc2-c2nc(-c3ccccc3)nc(-c3ccccc3)n2)cc(C(F)(F)F)c1. The molecule has 0 amide bonds. The highest BCUT2D eigenvalue weighted by Crippen LogP contribution is 2.43. The quantitative estimate of drug-likeness (QED) is 0.156. The van der Waals surface area contributed by atoms with Gasteiger partial charge in [0.2, 0.25) is 0 Å². The third kappa shape index (κ3) is 6.82. The van der Waals surface area contributed by atoms with E-state index in [1.165, 1.54) is 0 Å². The number of rotatable bonds is 6. The number of para-hydroxylation sites is 2. The van der Waals surface area contributed by atoms with E-state index < -0.39 is 23.5 Å². The molecule has 64 heavy (non-hydrogen) atoms. The van der Waals surface area contributed by atoms with E-state index in [1.807, 2.05) is 150 Å². The molecule has 3 aromatic heterocycles. The molecule has 0 saturated carbocycles. The van der Waals surface area contributed by atoms with Crippen LogP contribution in [0.1, 0.15) is 11.1 Å². The normalized spacial score (nSPS) is 12.2. The van der Waals surface area contributed by atoms with Crippen LogP contribution >= 0.6 is 0 Å². The first-order chi connectivity index (χ1) is 31.0. The van der Waals surface area contributed by atoms with Gasteiger partial charge in [0.25, 0.3) is 0 Å². The van der Waals surface area contributed by atoms with Gasteiger partial charge in [-0.2, -0.15) is 26.3 Å². The summed E-state index contributed by atoms with van der Waals surface area (Å²) in [5.41, 5.74) is 4.73. The van der Waals surface area contributed by atoms with Gasteiger partial charge in [0.05, 0.1) is 27.8 Å². The second-order valence-corrected chi connectivity index (χ2v) is 15.5. The Morgan fingerprint density at radius 2 is 0.875 bits per heavy atom. The summed E-state index contributed by atoms with van der Waals surface area (Å²) in [6, 6.07) is 53.3. The molecular formula is C53H30F6N4O. The molecule has 0 atom stereocenters. The van der Waals surface area contributed by atoms with E-state index in [4.69, 9.17) is 19.4 Å². The summed E-state index contributed by atoms with van der Waals surface area (Å²) in [6.45, 7) is 0. The third-order valence-electron chi connectivity index (χ3n) is 11.5. The Labute approximate surface area is 360 Å². The molecular weight excluding hydrogens is 823 g/mol. The van der Waals surface area contributed by atoms with Gasteiger partial charge in [-0.05, 0) is 89.0 Å². The molecule has 0 spiro atoms. The number of benzene rings is 8. The van der Waals surface area contributed by atoms with Crippen molar-refractivity contribution in [2.45, 2.75) is 12.4 Å². The number of aromatic nitrogens is 4. The molecule has 3 heterocycles. The van der Waals surface area contributed by atoms with Crippen LogP contribution in [0.2, 0.25) is 0 Å². The van der Waals surface area contributed by atoms with E-state index in [2.05, 4.69) is 0 Å². The molecule has 0 radical (unpaired) electrons. The highest BCUT2D eigenvalue weighted by atomic mass is 19.4. The van der Waals surface area contributed by atoms with Gasteiger partial charge < -0.3 is 8.98 Å². The van der Waals surface area contributed by atoms with E-state index in [9.17, 15) is 26.3 Å². The lowest BCUT2D eigenvalue weighted by atomic mass is 9.97. The predicted octanol–water partition coefficient (Wildman–Crippen LogP) is 15.2. The monoisotopic (exact) mass is 852 g/mol. The van der Waals surface area contributed by atoms with Gasteiger partial charge in [0.15, 0.2) is 17.5 Å². The molecule has 0 aliphatic rings. The van der Waals surface area contributed by atoms with Crippen molar-refractivity contribution in [2.24, 2.45) is 0 Å². The number of halogens is 6.